The average molecular weight is 385 g/mol. The Labute approximate surface area is 148 Å². The van der Waals surface area contributed by atoms with Gasteiger partial charge in [-0.2, -0.15) is 0 Å². The number of halogens is 1. The van der Waals surface area contributed by atoms with Crippen LogP contribution in [0.15, 0.2) is 41.4 Å². The van der Waals surface area contributed by atoms with Gasteiger partial charge in [-0.15, -0.1) is 0 Å². The molecule has 0 amide bonds. The second-order valence-electron chi connectivity index (χ2n) is 6.48. The monoisotopic (exact) mass is 384 g/mol. The first-order valence-electron chi connectivity index (χ1n) is 8.27. The molecule has 3 aromatic heterocycles. The van der Waals surface area contributed by atoms with E-state index in [9.17, 15) is 0 Å². The van der Waals surface area contributed by atoms with Crippen molar-refractivity contribution in [2.75, 3.05) is 18.1 Å². The van der Waals surface area contributed by atoms with E-state index in [-0.39, 0.29) is 0 Å². The lowest BCUT2D eigenvalue weighted by Gasteiger charge is -2.30. The van der Waals surface area contributed by atoms with Gasteiger partial charge in [-0.05, 0) is 52.4 Å². The lowest BCUT2D eigenvalue weighted by molar-refractivity contribution is 0.305. The molecule has 0 radical (unpaired) electrons. The molecule has 122 valence electrons. The number of imidazole rings is 1. The van der Waals surface area contributed by atoms with Gasteiger partial charge >= 0.3 is 0 Å². The van der Waals surface area contributed by atoms with E-state index in [0.717, 1.165) is 46.4 Å². The molecule has 4 heterocycles. The van der Waals surface area contributed by atoms with Gasteiger partial charge < -0.3 is 14.0 Å². The van der Waals surface area contributed by atoms with Crippen molar-refractivity contribution in [3.05, 3.63) is 52.7 Å². The SMILES string of the molecule is Brc1cc2c(cn1)OCCN2Cc1cn2cc(C3CC3)ccc2n1. The number of ether oxygens (including phenoxy) is 1. The minimum absolute atomic E-state index is 0.676. The first kappa shape index (κ1) is 14.3. The molecule has 24 heavy (non-hydrogen) atoms. The van der Waals surface area contributed by atoms with Crippen molar-refractivity contribution in [1.82, 2.24) is 14.4 Å². The predicted molar refractivity (Wildman–Crippen MR) is 95.6 cm³/mol. The molecule has 1 aliphatic heterocycles. The van der Waals surface area contributed by atoms with Gasteiger partial charge in [0.2, 0.25) is 0 Å². The van der Waals surface area contributed by atoms with E-state index in [1.165, 1.54) is 18.4 Å². The minimum atomic E-state index is 0.676. The molecule has 5 nitrogen and oxygen atoms in total. The Morgan fingerprint density at radius 3 is 3.04 bits per heavy atom. The summed E-state index contributed by atoms with van der Waals surface area (Å²) in [5, 5.41) is 0. The lowest BCUT2D eigenvalue weighted by atomic mass is 10.2. The Balaban J connectivity index is 1.46. The number of rotatable bonds is 3. The third-order valence-corrected chi connectivity index (χ3v) is 5.13. The van der Waals surface area contributed by atoms with Gasteiger partial charge in [0.05, 0.1) is 30.7 Å². The first-order chi connectivity index (χ1) is 11.8. The van der Waals surface area contributed by atoms with E-state index in [4.69, 9.17) is 9.72 Å². The Kier molecular flexibility index (Phi) is 3.26. The average Bonchev–Trinajstić information content (AvgIpc) is 3.35. The Hall–Kier alpha value is -2.08. The van der Waals surface area contributed by atoms with Gasteiger partial charge in [0.15, 0.2) is 5.75 Å². The fourth-order valence-corrected chi connectivity index (χ4v) is 3.63. The molecular formula is C18H17BrN4O. The van der Waals surface area contributed by atoms with E-state index >= 15 is 0 Å². The number of aromatic nitrogens is 3. The number of anilines is 1. The number of nitrogens with zero attached hydrogens (tertiary/aromatic N) is 4. The summed E-state index contributed by atoms with van der Waals surface area (Å²) in [5.41, 5.74) is 4.58. The maximum absolute atomic E-state index is 5.70. The van der Waals surface area contributed by atoms with Crippen molar-refractivity contribution in [3.63, 3.8) is 0 Å². The van der Waals surface area contributed by atoms with Crippen molar-refractivity contribution in [2.24, 2.45) is 0 Å². The van der Waals surface area contributed by atoms with Gasteiger partial charge in [0, 0.05) is 12.4 Å². The third-order valence-electron chi connectivity index (χ3n) is 4.70. The van der Waals surface area contributed by atoms with Crippen molar-refractivity contribution in [1.29, 1.82) is 0 Å². The molecule has 0 N–H and O–H groups in total. The number of hydrogen-bond acceptors (Lipinski definition) is 4. The molecule has 3 aromatic rings. The van der Waals surface area contributed by atoms with Gasteiger partial charge in [0.25, 0.3) is 0 Å². The summed E-state index contributed by atoms with van der Waals surface area (Å²) in [6, 6.07) is 6.36. The molecule has 5 rings (SSSR count). The van der Waals surface area contributed by atoms with Crippen LogP contribution in [0.5, 0.6) is 5.75 Å². The first-order valence-corrected chi connectivity index (χ1v) is 9.06. The summed E-state index contributed by atoms with van der Waals surface area (Å²) in [6.07, 6.45) is 8.79. The Morgan fingerprint density at radius 2 is 2.17 bits per heavy atom. The molecule has 0 atom stereocenters. The normalized spacial score (nSPS) is 17.0. The summed E-state index contributed by atoms with van der Waals surface area (Å²) < 4.78 is 8.68. The molecular weight excluding hydrogens is 368 g/mol. The van der Waals surface area contributed by atoms with E-state index in [2.05, 4.69) is 54.7 Å². The Morgan fingerprint density at radius 1 is 1.25 bits per heavy atom. The summed E-state index contributed by atoms with van der Waals surface area (Å²) in [7, 11) is 0. The molecule has 0 bridgehead atoms. The van der Waals surface area contributed by atoms with Crippen molar-refractivity contribution < 1.29 is 4.74 Å². The zero-order chi connectivity index (χ0) is 16.1. The molecule has 6 heteroatoms. The van der Waals surface area contributed by atoms with Crippen molar-refractivity contribution in [3.8, 4) is 5.75 Å². The second-order valence-corrected chi connectivity index (χ2v) is 7.29. The zero-order valence-electron chi connectivity index (χ0n) is 13.2. The van der Waals surface area contributed by atoms with E-state index in [1.54, 1.807) is 6.20 Å². The third kappa shape index (κ3) is 2.55. The summed E-state index contributed by atoms with van der Waals surface area (Å²) in [5.74, 6) is 1.60. The van der Waals surface area contributed by atoms with Crippen LogP contribution in [-0.2, 0) is 6.54 Å². The summed E-state index contributed by atoms with van der Waals surface area (Å²) >= 11 is 3.45. The Bertz CT molecular complexity index is 919. The van der Waals surface area contributed by atoms with Crippen LogP contribution in [0.1, 0.15) is 30.0 Å². The molecule has 1 fully saturated rings. The summed E-state index contributed by atoms with van der Waals surface area (Å²) in [4.78, 5) is 11.3. The minimum Gasteiger partial charge on any atom is -0.488 e. The highest BCUT2D eigenvalue weighted by atomic mass is 79.9. The topological polar surface area (TPSA) is 42.7 Å². The highest BCUT2D eigenvalue weighted by molar-refractivity contribution is 9.10. The fraction of sp³-hybridized carbons (Fsp3) is 0.333. The maximum Gasteiger partial charge on any atom is 0.161 e. The van der Waals surface area contributed by atoms with Crippen molar-refractivity contribution in [2.45, 2.75) is 25.3 Å². The quantitative estimate of drug-likeness (QED) is 0.644. The number of hydrogen-bond donors (Lipinski definition) is 0. The fourth-order valence-electron chi connectivity index (χ4n) is 3.31. The summed E-state index contributed by atoms with van der Waals surface area (Å²) in [6.45, 7) is 2.30. The number of fused-ring (bicyclic) bond motifs is 2. The molecule has 0 spiro atoms. The standard InChI is InChI=1S/C18H17BrN4O/c19-17-7-15-16(8-20-17)24-6-5-22(15)10-14-11-23-9-13(12-1-2-12)3-4-18(23)21-14/h3-4,7-9,11-12H,1-2,5-6,10H2. The van der Waals surface area contributed by atoms with Crippen molar-refractivity contribution >= 4 is 27.3 Å². The van der Waals surface area contributed by atoms with Crippen LogP contribution < -0.4 is 9.64 Å². The van der Waals surface area contributed by atoms with Crippen LogP contribution in [-0.4, -0.2) is 27.5 Å². The van der Waals surface area contributed by atoms with Gasteiger partial charge in [-0.1, -0.05) is 6.07 Å². The molecule has 0 unspecified atom stereocenters. The molecule has 1 saturated carbocycles. The molecule has 2 aliphatic rings. The van der Waals surface area contributed by atoms with E-state index in [0.29, 0.717) is 6.61 Å². The van der Waals surface area contributed by atoms with Gasteiger partial charge in [-0.25, -0.2) is 9.97 Å². The van der Waals surface area contributed by atoms with Crippen LogP contribution in [0.4, 0.5) is 5.69 Å². The zero-order valence-corrected chi connectivity index (χ0v) is 14.7. The van der Waals surface area contributed by atoms with Crippen LogP contribution >= 0.6 is 15.9 Å². The van der Waals surface area contributed by atoms with Crippen LogP contribution in [0.3, 0.4) is 0 Å². The van der Waals surface area contributed by atoms with E-state index < -0.39 is 0 Å². The lowest BCUT2D eigenvalue weighted by Crippen LogP contribution is -2.32. The highest BCUT2D eigenvalue weighted by Gasteiger charge is 2.24. The molecule has 0 saturated heterocycles. The molecule has 1 aliphatic carbocycles. The smallest absolute Gasteiger partial charge is 0.161 e. The largest absolute Gasteiger partial charge is 0.488 e. The van der Waals surface area contributed by atoms with Crippen LogP contribution in [0, 0.1) is 0 Å². The van der Waals surface area contributed by atoms with Gasteiger partial charge in [-0.3, -0.25) is 0 Å². The highest BCUT2D eigenvalue weighted by Crippen LogP contribution is 2.40. The maximum atomic E-state index is 5.70. The second kappa shape index (κ2) is 5.48. The van der Waals surface area contributed by atoms with Crippen LogP contribution in [0.2, 0.25) is 0 Å². The molecule has 0 aromatic carbocycles. The van der Waals surface area contributed by atoms with Crippen LogP contribution in [0.25, 0.3) is 5.65 Å². The predicted octanol–water partition coefficient (Wildman–Crippen LogP) is 3.77. The number of pyridine rings is 2. The van der Waals surface area contributed by atoms with E-state index in [1.807, 2.05) is 6.07 Å². The van der Waals surface area contributed by atoms with Gasteiger partial charge in [0.1, 0.15) is 16.9 Å².